The molecule has 1 aliphatic rings. The zero-order chi connectivity index (χ0) is 10.3. The van der Waals surface area contributed by atoms with Gasteiger partial charge in [0.25, 0.3) is 0 Å². The maximum Gasteiger partial charge on any atom is 0.0412 e. The van der Waals surface area contributed by atoms with E-state index >= 15 is 0 Å². The van der Waals surface area contributed by atoms with Crippen LogP contribution in [0.5, 0.6) is 0 Å². The molecular formula is C13H13BrS. The zero-order valence-electron chi connectivity index (χ0n) is 8.45. The molecule has 15 heavy (non-hydrogen) atoms. The van der Waals surface area contributed by atoms with Crippen molar-refractivity contribution < 1.29 is 0 Å². The van der Waals surface area contributed by atoms with Crippen LogP contribution >= 0.6 is 27.3 Å². The van der Waals surface area contributed by atoms with Crippen LogP contribution in [-0.4, -0.2) is 0 Å². The molecule has 0 amide bonds. The fourth-order valence-electron chi connectivity index (χ4n) is 2.01. The summed E-state index contributed by atoms with van der Waals surface area (Å²) in [4.78, 5) is 0.557. The minimum atomic E-state index is 0.557. The average molecular weight is 281 g/mol. The molecule has 3 rings (SSSR count). The summed E-state index contributed by atoms with van der Waals surface area (Å²) in [5, 5.41) is 3.75. The number of rotatable bonds is 3. The molecule has 1 fully saturated rings. The van der Waals surface area contributed by atoms with Gasteiger partial charge < -0.3 is 0 Å². The molecule has 1 heterocycles. The Morgan fingerprint density at radius 1 is 1.33 bits per heavy atom. The minimum Gasteiger partial charge on any atom is -0.143 e. The largest absolute Gasteiger partial charge is 0.143 e. The standard InChI is InChI=1S/C13H13BrS/c14-12(7-9-5-6-9)11-8-15-13-4-2-1-3-10(11)13/h1-4,8-9,12H,5-7H2. The molecule has 1 aliphatic carbocycles. The molecule has 1 unspecified atom stereocenters. The molecule has 1 atom stereocenters. The van der Waals surface area contributed by atoms with Gasteiger partial charge in [0.15, 0.2) is 0 Å². The second-order valence-corrected chi connectivity index (χ2v) is 6.35. The quantitative estimate of drug-likeness (QED) is 0.683. The monoisotopic (exact) mass is 280 g/mol. The van der Waals surface area contributed by atoms with E-state index in [1.807, 2.05) is 11.3 Å². The Labute approximate surface area is 102 Å². The Bertz CT molecular complexity index is 470. The molecule has 1 aromatic heterocycles. The van der Waals surface area contributed by atoms with E-state index in [9.17, 15) is 0 Å². The second-order valence-electron chi connectivity index (χ2n) is 4.33. The first kappa shape index (κ1) is 9.86. The number of halogens is 1. The van der Waals surface area contributed by atoms with E-state index in [0.717, 1.165) is 5.92 Å². The van der Waals surface area contributed by atoms with Gasteiger partial charge in [0.1, 0.15) is 0 Å². The molecule has 2 aromatic rings. The van der Waals surface area contributed by atoms with Crippen molar-refractivity contribution >= 4 is 37.4 Å². The minimum absolute atomic E-state index is 0.557. The molecule has 0 saturated heterocycles. The highest BCUT2D eigenvalue weighted by molar-refractivity contribution is 9.09. The number of benzene rings is 1. The van der Waals surface area contributed by atoms with Gasteiger partial charge >= 0.3 is 0 Å². The lowest BCUT2D eigenvalue weighted by Gasteiger charge is -2.07. The first-order valence-corrected chi connectivity index (χ1v) is 7.24. The Balaban J connectivity index is 1.95. The number of thiophene rings is 1. The van der Waals surface area contributed by atoms with Crippen LogP contribution < -0.4 is 0 Å². The molecule has 1 saturated carbocycles. The normalized spacial score (nSPS) is 18.2. The van der Waals surface area contributed by atoms with Crippen LogP contribution in [0.2, 0.25) is 0 Å². The van der Waals surface area contributed by atoms with Gasteiger partial charge in [0, 0.05) is 9.53 Å². The van der Waals surface area contributed by atoms with Crippen LogP contribution in [0.15, 0.2) is 29.6 Å². The van der Waals surface area contributed by atoms with Crippen molar-refractivity contribution in [2.24, 2.45) is 5.92 Å². The molecule has 2 heteroatoms. The van der Waals surface area contributed by atoms with Crippen molar-refractivity contribution in [3.05, 3.63) is 35.2 Å². The van der Waals surface area contributed by atoms with Gasteiger partial charge in [-0.05, 0) is 34.7 Å². The second kappa shape index (κ2) is 3.91. The Hall–Kier alpha value is -0.340. The smallest absolute Gasteiger partial charge is 0.0412 e. The van der Waals surface area contributed by atoms with Crippen LogP contribution in [0.4, 0.5) is 0 Å². The van der Waals surface area contributed by atoms with Crippen molar-refractivity contribution in [3.63, 3.8) is 0 Å². The van der Waals surface area contributed by atoms with Gasteiger partial charge in [-0.15, -0.1) is 11.3 Å². The lowest BCUT2D eigenvalue weighted by atomic mass is 10.1. The molecule has 78 valence electrons. The number of hydrogen-bond acceptors (Lipinski definition) is 1. The Morgan fingerprint density at radius 3 is 2.93 bits per heavy atom. The number of alkyl halides is 1. The summed E-state index contributed by atoms with van der Waals surface area (Å²) >= 11 is 5.69. The Kier molecular flexibility index (Phi) is 2.57. The summed E-state index contributed by atoms with van der Waals surface area (Å²) in [5.41, 5.74) is 1.49. The van der Waals surface area contributed by atoms with Crippen molar-refractivity contribution in [1.29, 1.82) is 0 Å². The summed E-state index contributed by atoms with van der Waals surface area (Å²) < 4.78 is 1.41. The van der Waals surface area contributed by atoms with Crippen molar-refractivity contribution in [2.75, 3.05) is 0 Å². The molecule has 0 bridgehead atoms. The molecule has 0 nitrogen and oxygen atoms in total. The van der Waals surface area contributed by atoms with E-state index in [1.54, 1.807) is 0 Å². The van der Waals surface area contributed by atoms with E-state index in [1.165, 1.54) is 34.9 Å². The van der Waals surface area contributed by atoms with Gasteiger partial charge in [-0.25, -0.2) is 0 Å². The third kappa shape index (κ3) is 1.98. The summed E-state index contributed by atoms with van der Waals surface area (Å²) in [6.07, 6.45) is 4.18. The first-order chi connectivity index (χ1) is 7.34. The highest BCUT2D eigenvalue weighted by atomic mass is 79.9. The maximum absolute atomic E-state index is 3.83. The van der Waals surface area contributed by atoms with Crippen LogP contribution in [0.25, 0.3) is 10.1 Å². The third-order valence-corrected chi connectivity index (χ3v) is 4.93. The SMILES string of the molecule is BrC(CC1CC1)c1csc2ccccc12. The van der Waals surface area contributed by atoms with Gasteiger partial charge in [-0.3, -0.25) is 0 Å². The van der Waals surface area contributed by atoms with E-state index in [2.05, 4.69) is 45.6 Å². The zero-order valence-corrected chi connectivity index (χ0v) is 10.9. The van der Waals surface area contributed by atoms with E-state index in [-0.39, 0.29) is 0 Å². The number of hydrogen-bond donors (Lipinski definition) is 0. The lowest BCUT2D eigenvalue weighted by Crippen LogP contribution is -1.89. The fraction of sp³-hybridized carbons (Fsp3) is 0.385. The van der Waals surface area contributed by atoms with Crippen LogP contribution in [-0.2, 0) is 0 Å². The van der Waals surface area contributed by atoms with Gasteiger partial charge in [-0.1, -0.05) is 47.0 Å². The molecule has 0 aliphatic heterocycles. The topological polar surface area (TPSA) is 0 Å². The lowest BCUT2D eigenvalue weighted by molar-refractivity contribution is 0.725. The molecule has 0 spiro atoms. The van der Waals surface area contributed by atoms with E-state index < -0.39 is 0 Å². The van der Waals surface area contributed by atoms with Crippen LogP contribution in [0.1, 0.15) is 29.7 Å². The van der Waals surface area contributed by atoms with Gasteiger partial charge in [0.2, 0.25) is 0 Å². The predicted molar refractivity (Wildman–Crippen MR) is 70.8 cm³/mol. The molecule has 0 N–H and O–H groups in total. The summed E-state index contributed by atoms with van der Waals surface area (Å²) in [6, 6.07) is 8.70. The molecule has 0 radical (unpaired) electrons. The molecular weight excluding hydrogens is 268 g/mol. The van der Waals surface area contributed by atoms with Crippen molar-refractivity contribution in [3.8, 4) is 0 Å². The predicted octanol–water partition coefficient (Wildman–Crippen LogP) is 5.14. The van der Waals surface area contributed by atoms with Crippen LogP contribution in [0, 0.1) is 5.92 Å². The summed E-state index contributed by atoms with van der Waals surface area (Å²) in [5.74, 6) is 0.980. The number of fused-ring (bicyclic) bond motifs is 1. The van der Waals surface area contributed by atoms with Crippen molar-refractivity contribution in [1.82, 2.24) is 0 Å². The highest BCUT2D eigenvalue weighted by Gasteiger charge is 2.25. The average Bonchev–Trinajstić information content (AvgIpc) is 2.96. The highest BCUT2D eigenvalue weighted by Crippen LogP contribution is 2.44. The Morgan fingerprint density at radius 2 is 2.13 bits per heavy atom. The van der Waals surface area contributed by atoms with Gasteiger partial charge in [0.05, 0.1) is 0 Å². The third-order valence-electron chi connectivity index (χ3n) is 3.09. The van der Waals surface area contributed by atoms with E-state index in [0.29, 0.717) is 4.83 Å². The van der Waals surface area contributed by atoms with E-state index in [4.69, 9.17) is 0 Å². The maximum atomic E-state index is 3.83. The van der Waals surface area contributed by atoms with Crippen LogP contribution in [0.3, 0.4) is 0 Å². The fourth-order valence-corrected chi connectivity index (χ4v) is 4.11. The van der Waals surface area contributed by atoms with Gasteiger partial charge in [-0.2, -0.15) is 0 Å². The summed E-state index contributed by atoms with van der Waals surface area (Å²) in [6.45, 7) is 0. The summed E-state index contributed by atoms with van der Waals surface area (Å²) in [7, 11) is 0. The van der Waals surface area contributed by atoms with Crippen molar-refractivity contribution in [2.45, 2.75) is 24.1 Å². The molecule has 1 aromatic carbocycles. The first-order valence-electron chi connectivity index (χ1n) is 5.45.